The summed E-state index contributed by atoms with van der Waals surface area (Å²) in [5.41, 5.74) is 16.3. The summed E-state index contributed by atoms with van der Waals surface area (Å²) in [6.45, 7) is 0. The van der Waals surface area contributed by atoms with E-state index in [0.717, 1.165) is 28.3 Å². The molecule has 0 amide bonds. The Labute approximate surface area is 355 Å². The average molecular weight is 777 g/mol. The summed E-state index contributed by atoms with van der Waals surface area (Å²) in [5, 5.41) is 4.94. The van der Waals surface area contributed by atoms with Crippen LogP contribution in [0.1, 0.15) is 22.3 Å². The fourth-order valence-electron chi connectivity index (χ4n) is 10.2. The lowest BCUT2D eigenvalue weighted by atomic mass is 9.67. The fourth-order valence-corrected chi connectivity index (χ4v) is 10.2. The molecule has 0 saturated carbocycles. The Kier molecular flexibility index (Phi) is 8.11. The quantitative estimate of drug-likeness (QED) is 0.156. The van der Waals surface area contributed by atoms with E-state index in [9.17, 15) is 0 Å². The Bertz CT molecular complexity index is 3350. The molecule has 1 aliphatic rings. The minimum absolute atomic E-state index is 0.516. The third-order valence-corrected chi connectivity index (χ3v) is 12.8. The fraction of sp³-hybridized carbons (Fsp3) is 0.0169. The van der Waals surface area contributed by atoms with Gasteiger partial charge in [0, 0.05) is 38.9 Å². The predicted octanol–water partition coefficient (Wildman–Crippen LogP) is 15.4. The number of benzene rings is 10. The van der Waals surface area contributed by atoms with E-state index in [1.54, 1.807) is 0 Å². The van der Waals surface area contributed by atoms with Crippen LogP contribution in [-0.2, 0) is 5.41 Å². The van der Waals surface area contributed by atoms with Gasteiger partial charge in [-0.2, -0.15) is 0 Å². The van der Waals surface area contributed by atoms with Crippen LogP contribution < -0.4 is 4.90 Å². The Morgan fingerprint density at radius 2 is 0.885 bits per heavy atom. The van der Waals surface area contributed by atoms with E-state index in [0.29, 0.717) is 0 Å². The van der Waals surface area contributed by atoms with E-state index in [1.807, 2.05) is 0 Å². The van der Waals surface area contributed by atoms with E-state index >= 15 is 0 Å². The highest BCUT2D eigenvalue weighted by Crippen LogP contribution is 2.57. The first kappa shape index (κ1) is 35.0. The Morgan fingerprint density at radius 1 is 0.344 bits per heavy atom. The van der Waals surface area contributed by atoms with Gasteiger partial charge in [0.15, 0.2) is 0 Å². The van der Waals surface area contributed by atoms with Gasteiger partial charge in [0.25, 0.3) is 0 Å². The Balaban J connectivity index is 1.13. The number of fused-ring (bicyclic) bond motifs is 8. The number of hydrogen-bond donors (Lipinski definition) is 0. The van der Waals surface area contributed by atoms with Gasteiger partial charge in [-0.1, -0.05) is 194 Å². The summed E-state index contributed by atoms with van der Waals surface area (Å²) in [5.74, 6) is 0. The van der Waals surface area contributed by atoms with Gasteiger partial charge in [0.2, 0.25) is 0 Å². The van der Waals surface area contributed by atoms with Crippen LogP contribution in [0.25, 0.3) is 60.5 Å². The van der Waals surface area contributed by atoms with Crippen molar-refractivity contribution in [3.05, 3.63) is 265 Å². The summed E-state index contributed by atoms with van der Waals surface area (Å²) in [4.78, 5) is 2.45. The van der Waals surface area contributed by atoms with Gasteiger partial charge in [-0.05, 0) is 98.4 Å². The van der Waals surface area contributed by atoms with Crippen LogP contribution in [0, 0.1) is 0 Å². The highest BCUT2D eigenvalue weighted by Gasteiger charge is 2.46. The Morgan fingerprint density at radius 3 is 1.62 bits per heavy atom. The second kappa shape index (κ2) is 14.1. The van der Waals surface area contributed by atoms with E-state index in [-0.39, 0.29) is 0 Å². The van der Waals surface area contributed by atoms with E-state index < -0.39 is 5.41 Å². The van der Waals surface area contributed by atoms with Crippen LogP contribution in [0.5, 0.6) is 0 Å². The van der Waals surface area contributed by atoms with Crippen LogP contribution in [-0.4, -0.2) is 4.57 Å². The van der Waals surface area contributed by atoms with Crippen molar-refractivity contribution in [2.45, 2.75) is 5.41 Å². The van der Waals surface area contributed by atoms with Crippen molar-refractivity contribution in [3.8, 4) is 27.9 Å². The van der Waals surface area contributed by atoms with E-state index in [2.05, 4.69) is 252 Å². The maximum absolute atomic E-state index is 2.46. The summed E-state index contributed by atoms with van der Waals surface area (Å²) in [6.07, 6.45) is 0. The molecular weight excluding hydrogens is 737 g/mol. The molecule has 0 spiro atoms. The zero-order valence-electron chi connectivity index (χ0n) is 33.5. The lowest BCUT2D eigenvalue weighted by molar-refractivity contribution is 0.768. The summed E-state index contributed by atoms with van der Waals surface area (Å²) < 4.78 is 2.46. The van der Waals surface area contributed by atoms with Crippen molar-refractivity contribution in [2.75, 3.05) is 4.90 Å². The third-order valence-electron chi connectivity index (χ3n) is 12.8. The molecule has 10 aromatic carbocycles. The predicted molar refractivity (Wildman–Crippen MR) is 256 cm³/mol. The summed E-state index contributed by atoms with van der Waals surface area (Å²) >= 11 is 0. The molecule has 0 saturated heterocycles. The van der Waals surface area contributed by atoms with Crippen molar-refractivity contribution in [3.63, 3.8) is 0 Å². The lowest BCUT2D eigenvalue weighted by Crippen LogP contribution is -2.28. The first-order valence-corrected chi connectivity index (χ1v) is 21.1. The largest absolute Gasteiger partial charge is 0.310 e. The number of rotatable bonds is 7. The van der Waals surface area contributed by atoms with Gasteiger partial charge in [0.05, 0.1) is 16.4 Å². The van der Waals surface area contributed by atoms with Crippen LogP contribution in [0.2, 0.25) is 0 Å². The topological polar surface area (TPSA) is 8.17 Å². The minimum Gasteiger partial charge on any atom is -0.310 e. The molecule has 0 fully saturated rings. The zero-order chi connectivity index (χ0) is 40.3. The molecule has 0 radical (unpaired) electrons. The smallest absolute Gasteiger partial charge is 0.0714 e. The molecule has 1 aromatic heterocycles. The summed E-state index contributed by atoms with van der Waals surface area (Å²) in [6, 6.07) is 89.1. The second-order valence-electron chi connectivity index (χ2n) is 16.1. The molecule has 0 atom stereocenters. The molecule has 0 bridgehead atoms. The number of para-hydroxylation sites is 1. The normalized spacial score (nSPS) is 12.7. The molecule has 1 heterocycles. The molecular formula is C59H40N2. The molecule has 11 aromatic rings. The van der Waals surface area contributed by atoms with E-state index in [1.165, 1.54) is 71.6 Å². The maximum Gasteiger partial charge on any atom is 0.0714 e. The number of nitrogens with zero attached hydrogens (tertiary/aromatic N) is 2. The first-order valence-electron chi connectivity index (χ1n) is 21.1. The van der Waals surface area contributed by atoms with Crippen molar-refractivity contribution < 1.29 is 0 Å². The molecule has 286 valence electrons. The van der Waals surface area contributed by atoms with E-state index in [4.69, 9.17) is 0 Å². The molecule has 1 aliphatic carbocycles. The van der Waals surface area contributed by atoms with Crippen molar-refractivity contribution in [1.29, 1.82) is 0 Å². The third kappa shape index (κ3) is 5.43. The lowest BCUT2D eigenvalue weighted by Gasteiger charge is -2.35. The molecule has 0 aliphatic heterocycles. The number of anilines is 3. The summed E-state index contributed by atoms with van der Waals surface area (Å²) in [7, 11) is 0. The van der Waals surface area contributed by atoms with Gasteiger partial charge >= 0.3 is 0 Å². The Hall–Kier alpha value is -7.94. The number of hydrogen-bond acceptors (Lipinski definition) is 1. The zero-order valence-corrected chi connectivity index (χ0v) is 33.5. The molecule has 12 rings (SSSR count). The van der Waals surface area contributed by atoms with Gasteiger partial charge in [-0.3, -0.25) is 0 Å². The van der Waals surface area contributed by atoms with Gasteiger partial charge in [-0.15, -0.1) is 0 Å². The highest BCUT2D eigenvalue weighted by atomic mass is 15.1. The average Bonchev–Trinajstić information content (AvgIpc) is 3.83. The van der Waals surface area contributed by atoms with Crippen molar-refractivity contribution in [2.24, 2.45) is 0 Å². The number of aromatic nitrogens is 1. The maximum atomic E-state index is 2.46. The molecule has 2 nitrogen and oxygen atoms in total. The van der Waals surface area contributed by atoms with Crippen LogP contribution in [0.3, 0.4) is 0 Å². The molecule has 0 unspecified atom stereocenters. The van der Waals surface area contributed by atoms with Crippen LogP contribution >= 0.6 is 0 Å². The first-order chi connectivity index (χ1) is 30.3. The van der Waals surface area contributed by atoms with Gasteiger partial charge < -0.3 is 9.47 Å². The molecule has 0 N–H and O–H groups in total. The molecule has 2 heteroatoms. The highest BCUT2D eigenvalue weighted by molar-refractivity contribution is 6.19. The van der Waals surface area contributed by atoms with Crippen LogP contribution in [0.4, 0.5) is 17.1 Å². The van der Waals surface area contributed by atoms with Gasteiger partial charge in [-0.25, -0.2) is 0 Å². The van der Waals surface area contributed by atoms with Crippen LogP contribution in [0.15, 0.2) is 243 Å². The van der Waals surface area contributed by atoms with Crippen molar-refractivity contribution >= 4 is 49.6 Å². The van der Waals surface area contributed by atoms with Gasteiger partial charge in [0.1, 0.15) is 0 Å². The standard InChI is InChI=1S/C59H40N2/c1-5-17-41(18-6-1)42-29-32-47(33-30-42)60(49-35-38-53-54-36-31-43-19-13-14-26-50(43)58(54)61(57(53)40-49)46-24-11-4-12-25-46)48-34-37-52-51-27-15-16-28-55(51)59(56(52)39-48,44-20-7-2-8-21-44)45-22-9-3-10-23-45/h1-40H. The molecule has 61 heavy (non-hydrogen) atoms. The van der Waals surface area contributed by atoms with Crippen molar-refractivity contribution in [1.82, 2.24) is 4.57 Å². The minimum atomic E-state index is -0.516. The second-order valence-corrected chi connectivity index (χ2v) is 16.1. The SMILES string of the molecule is c1ccc(-c2ccc(N(c3ccc4c(c3)C(c3ccccc3)(c3ccccc3)c3ccccc3-4)c3ccc4c5ccc6ccccc6c5n(-c5ccccc5)c4c3)cc2)cc1. The monoisotopic (exact) mass is 776 g/mol.